The summed E-state index contributed by atoms with van der Waals surface area (Å²) in [6.07, 6.45) is 3.18. The van der Waals surface area contributed by atoms with E-state index in [1.165, 1.54) is 24.5 Å². The van der Waals surface area contributed by atoms with Gasteiger partial charge in [0.15, 0.2) is 5.65 Å². The lowest BCUT2D eigenvalue weighted by Gasteiger charge is -2.10. The average Bonchev–Trinajstić information content (AvgIpc) is 2.89. The molecule has 114 valence electrons. The van der Waals surface area contributed by atoms with Crippen molar-refractivity contribution < 1.29 is 8.42 Å². The lowest BCUT2D eigenvalue weighted by Crippen LogP contribution is -2.14. The lowest BCUT2D eigenvalue weighted by atomic mass is 10.4. The van der Waals surface area contributed by atoms with Crippen molar-refractivity contribution in [3.63, 3.8) is 0 Å². The van der Waals surface area contributed by atoms with Crippen LogP contribution in [0, 0.1) is 0 Å². The van der Waals surface area contributed by atoms with Gasteiger partial charge in [-0.2, -0.15) is 0 Å². The highest BCUT2D eigenvalue weighted by atomic mass is 79.9. The first kappa shape index (κ1) is 15.5. The van der Waals surface area contributed by atoms with Crippen LogP contribution in [0.4, 0.5) is 5.69 Å². The smallest absolute Gasteiger partial charge is 0.262 e. The molecule has 1 aromatic carbocycles. The monoisotopic (exact) mass is 420 g/mol. The van der Waals surface area contributed by atoms with Crippen LogP contribution in [-0.4, -0.2) is 23.0 Å². The van der Waals surface area contributed by atoms with E-state index in [2.05, 4.69) is 30.8 Å². The minimum absolute atomic E-state index is 0.000425. The van der Waals surface area contributed by atoms with Gasteiger partial charge in [-0.25, -0.2) is 8.42 Å². The molecule has 0 aliphatic heterocycles. The van der Waals surface area contributed by atoms with Crippen LogP contribution in [0.3, 0.4) is 0 Å². The molecule has 0 saturated heterocycles. The van der Waals surface area contributed by atoms with E-state index in [1.807, 2.05) is 0 Å². The molecule has 0 atom stereocenters. The molecule has 0 bridgehead atoms. The Labute approximate surface area is 144 Å². The SMILES string of the molecule is O=S(=O)(Nc1cc(Br)cn2cnnc12)c1ccc(Cl)c(Cl)c1. The summed E-state index contributed by atoms with van der Waals surface area (Å²) in [6, 6.07) is 5.67. The second-order valence-electron chi connectivity index (χ2n) is 4.32. The van der Waals surface area contributed by atoms with E-state index in [-0.39, 0.29) is 20.6 Å². The molecule has 2 aromatic heterocycles. The number of hydrogen-bond donors (Lipinski definition) is 1. The normalized spacial score (nSPS) is 11.8. The molecule has 3 aromatic rings. The first-order chi connectivity index (χ1) is 10.4. The molecule has 0 aliphatic rings. The standard InChI is InChI=1S/C12H7BrCl2N4O2S/c13-7-3-11(12-17-16-6-19(12)5-7)18-22(20,21)8-1-2-9(14)10(15)4-8/h1-6,18H. The minimum atomic E-state index is -3.83. The van der Waals surface area contributed by atoms with Crippen molar-refractivity contribution in [1.29, 1.82) is 0 Å². The summed E-state index contributed by atoms with van der Waals surface area (Å²) < 4.78 is 29.6. The van der Waals surface area contributed by atoms with E-state index < -0.39 is 10.0 Å². The number of halogens is 3. The van der Waals surface area contributed by atoms with Crippen molar-refractivity contribution in [1.82, 2.24) is 14.6 Å². The average molecular weight is 422 g/mol. The molecular weight excluding hydrogens is 415 g/mol. The maximum absolute atomic E-state index is 12.5. The zero-order valence-corrected chi connectivity index (χ0v) is 14.6. The Morgan fingerprint density at radius 3 is 2.68 bits per heavy atom. The number of nitrogens with zero attached hydrogens (tertiary/aromatic N) is 3. The van der Waals surface area contributed by atoms with Gasteiger partial charge in [-0.3, -0.25) is 9.12 Å². The van der Waals surface area contributed by atoms with Crippen LogP contribution in [0.25, 0.3) is 5.65 Å². The molecule has 0 spiro atoms. The number of rotatable bonds is 3. The summed E-state index contributed by atoms with van der Waals surface area (Å²) in [7, 11) is -3.83. The van der Waals surface area contributed by atoms with Crippen LogP contribution in [0.5, 0.6) is 0 Å². The van der Waals surface area contributed by atoms with Crippen molar-refractivity contribution in [2.45, 2.75) is 4.90 Å². The highest BCUT2D eigenvalue weighted by Crippen LogP contribution is 2.27. The number of aromatic nitrogens is 3. The third-order valence-electron chi connectivity index (χ3n) is 2.80. The second-order valence-corrected chi connectivity index (χ2v) is 7.73. The van der Waals surface area contributed by atoms with Gasteiger partial charge >= 0.3 is 0 Å². The topological polar surface area (TPSA) is 76.4 Å². The molecule has 0 unspecified atom stereocenters. The quantitative estimate of drug-likeness (QED) is 0.700. The number of hydrogen-bond acceptors (Lipinski definition) is 4. The molecule has 0 radical (unpaired) electrons. The van der Waals surface area contributed by atoms with Crippen LogP contribution in [0.1, 0.15) is 0 Å². The molecule has 3 rings (SSSR count). The Morgan fingerprint density at radius 1 is 1.18 bits per heavy atom. The first-order valence-electron chi connectivity index (χ1n) is 5.83. The summed E-state index contributed by atoms with van der Waals surface area (Å²) in [5.41, 5.74) is 0.671. The van der Waals surface area contributed by atoms with E-state index in [9.17, 15) is 8.42 Å². The van der Waals surface area contributed by atoms with E-state index in [0.717, 1.165) is 0 Å². The maximum Gasteiger partial charge on any atom is 0.262 e. The number of benzene rings is 1. The maximum atomic E-state index is 12.5. The van der Waals surface area contributed by atoms with Crippen LogP contribution >= 0.6 is 39.1 Å². The number of nitrogens with one attached hydrogen (secondary N) is 1. The fraction of sp³-hybridized carbons (Fsp3) is 0. The summed E-state index contributed by atoms with van der Waals surface area (Å²) in [4.78, 5) is -0.000425. The number of anilines is 1. The molecule has 0 aliphatic carbocycles. The zero-order chi connectivity index (χ0) is 15.9. The second kappa shape index (κ2) is 5.69. The Kier molecular flexibility index (Phi) is 4.02. The van der Waals surface area contributed by atoms with Crippen LogP contribution in [0.15, 0.2) is 46.2 Å². The zero-order valence-electron chi connectivity index (χ0n) is 10.7. The number of sulfonamides is 1. The molecule has 1 N–H and O–H groups in total. The molecular formula is C12H7BrCl2N4O2S. The number of fused-ring (bicyclic) bond motifs is 1. The van der Waals surface area contributed by atoms with Gasteiger partial charge in [-0.1, -0.05) is 23.2 Å². The van der Waals surface area contributed by atoms with Crippen molar-refractivity contribution >= 4 is 60.5 Å². The highest BCUT2D eigenvalue weighted by Gasteiger charge is 2.18. The third-order valence-corrected chi connectivity index (χ3v) is 5.34. The molecule has 0 amide bonds. The van der Waals surface area contributed by atoms with E-state index in [0.29, 0.717) is 10.1 Å². The van der Waals surface area contributed by atoms with Gasteiger partial charge in [0.05, 0.1) is 20.6 Å². The summed E-state index contributed by atoms with van der Waals surface area (Å²) in [6.45, 7) is 0. The molecule has 10 heteroatoms. The molecule has 6 nitrogen and oxygen atoms in total. The Bertz CT molecular complexity index is 974. The summed E-state index contributed by atoms with van der Waals surface area (Å²) in [5.74, 6) is 0. The molecule has 0 fully saturated rings. The van der Waals surface area contributed by atoms with E-state index in [1.54, 1.807) is 16.7 Å². The van der Waals surface area contributed by atoms with Gasteiger partial charge in [0.1, 0.15) is 6.33 Å². The fourth-order valence-corrected chi connectivity index (χ4v) is 3.72. The predicted molar refractivity (Wildman–Crippen MR) is 88.0 cm³/mol. The Balaban J connectivity index is 2.06. The molecule has 2 heterocycles. The van der Waals surface area contributed by atoms with Gasteiger partial charge < -0.3 is 0 Å². The van der Waals surface area contributed by atoms with Crippen molar-refractivity contribution in [3.8, 4) is 0 Å². The van der Waals surface area contributed by atoms with Gasteiger partial charge in [-0.05, 0) is 40.2 Å². The molecule has 0 saturated carbocycles. The fourth-order valence-electron chi connectivity index (χ4n) is 1.83. The summed E-state index contributed by atoms with van der Waals surface area (Å²) in [5, 5.41) is 8.08. The third kappa shape index (κ3) is 2.91. The molecule has 22 heavy (non-hydrogen) atoms. The van der Waals surface area contributed by atoms with E-state index in [4.69, 9.17) is 23.2 Å². The minimum Gasteiger partial charge on any atom is -0.286 e. The van der Waals surface area contributed by atoms with Crippen LogP contribution in [0.2, 0.25) is 10.0 Å². The van der Waals surface area contributed by atoms with Crippen molar-refractivity contribution in [3.05, 3.63) is 51.3 Å². The Hall–Kier alpha value is -1.35. The van der Waals surface area contributed by atoms with Gasteiger partial charge in [0.25, 0.3) is 10.0 Å². The van der Waals surface area contributed by atoms with Gasteiger partial charge in [-0.15, -0.1) is 10.2 Å². The van der Waals surface area contributed by atoms with Crippen molar-refractivity contribution in [2.24, 2.45) is 0 Å². The highest BCUT2D eigenvalue weighted by molar-refractivity contribution is 9.10. The van der Waals surface area contributed by atoms with Crippen molar-refractivity contribution in [2.75, 3.05) is 4.72 Å². The lowest BCUT2D eigenvalue weighted by molar-refractivity contribution is 0.601. The van der Waals surface area contributed by atoms with Gasteiger partial charge in [0, 0.05) is 10.7 Å². The summed E-state index contributed by atoms with van der Waals surface area (Å²) >= 11 is 15.0. The van der Waals surface area contributed by atoms with Crippen LogP contribution < -0.4 is 4.72 Å². The Morgan fingerprint density at radius 2 is 1.95 bits per heavy atom. The van der Waals surface area contributed by atoms with Gasteiger partial charge in [0.2, 0.25) is 0 Å². The van der Waals surface area contributed by atoms with E-state index >= 15 is 0 Å². The predicted octanol–water partition coefficient (Wildman–Crippen LogP) is 3.60. The first-order valence-corrected chi connectivity index (χ1v) is 8.87. The van der Waals surface area contributed by atoms with Crippen LogP contribution in [-0.2, 0) is 10.0 Å². The largest absolute Gasteiger partial charge is 0.286 e. The number of pyridine rings is 1.